The van der Waals surface area contributed by atoms with E-state index in [1.165, 1.54) is 0 Å². The molecule has 2 fully saturated rings. The second-order valence-electron chi connectivity index (χ2n) is 6.56. The fourth-order valence-corrected chi connectivity index (χ4v) is 4.30. The third-order valence-corrected chi connectivity index (χ3v) is 5.20. The Morgan fingerprint density at radius 2 is 2.26 bits per heavy atom. The Labute approximate surface area is 120 Å². The predicted molar refractivity (Wildman–Crippen MR) is 79.4 cm³/mol. The molecule has 1 spiro atoms. The second kappa shape index (κ2) is 5.52. The average Bonchev–Trinajstić information content (AvgIpc) is 2.70. The molecule has 2 aliphatic rings. The van der Waals surface area contributed by atoms with Crippen LogP contribution in [0.4, 0.5) is 4.79 Å². The maximum Gasteiger partial charge on any atom is 0.410 e. The Balaban J connectivity index is 1.96. The van der Waals surface area contributed by atoms with Crippen molar-refractivity contribution in [3.05, 3.63) is 0 Å². The Bertz CT molecular complexity index is 343. The molecular weight excluding hydrogens is 260 g/mol. The first-order valence-corrected chi connectivity index (χ1v) is 8.22. The minimum Gasteiger partial charge on any atom is -0.444 e. The summed E-state index contributed by atoms with van der Waals surface area (Å²) in [5.41, 5.74) is -0.413. The summed E-state index contributed by atoms with van der Waals surface area (Å²) >= 11 is 1.98. The summed E-state index contributed by atoms with van der Waals surface area (Å²) in [6.07, 6.45) is 3.18. The molecule has 0 aromatic rings. The third kappa shape index (κ3) is 3.78. The average molecular weight is 286 g/mol. The quantitative estimate of drug-likeness (QED) is 0.805. The van der Waals surface area contributed by atoms with Crippen molar-refractivity contribution in [1.82, 2.24) is 10.2 Å². The van der Waals surface area contributed by atoms with Crippen LogP contribution in [-0.2, 0) is 4.74 Å². The molecule has 2 saturated heterocycles. The van der Waals surface area contributed by atoms with Crippen molar-refractivity contribution >= 4 is 17.9 Å². The SMILES string of the molecule is CCC1CSC2(CCCN(C(=O)OC(C)(C)C)C2)N1. The molecule has 0 radical (unpaired) electrons. The van der Waals surface area contributed by atoms with Crippen molar-refractivity contribution in [2.45, 2.75) is 63.5 Å². The maximum atomic E-state index is 12.2. The van der Waals surface area contributed by atoms with Crippen molar-refractivity contribution in [2.24, 2.45) is 0 Å². The number of piperidine rings is 1. The molecule has 0 aromatic heterocycles. The van der Waals surface area contributed by atoms with Gasteiger partial charge < -0.3 is 9.64 Å². The number of nitrogens with zero attached hydrogens (tertiary/aromatic N) is 1. The number of amides is 1. The van der Waals surface area contributed by atoms with Crippen LogP contribution in [0.3, 0.4) is 0 Å². The summed E-state index contributed by atoms with van der Waals surface area (Å²) in [6.45, 7) is 9.55. The highest BCUT2D eigenvalue weighted by atomic mass is 32.2. The molecule has 1 N–H and O–H groups in total. The molecule has 19 heavy (non-hydrogen) atoms. The molecule has 2 atom stereocenters. The Morgan fingerprint density at radius 1 is 1.53 bits per heavy atom. The molecule has 4 nitrogen and oxygen atoms in total. The minimum atomic E-state index is -0.413. The van der Waals surface area contributed by atoms with Crippen LogP contribution in [0.1, 0.15) is 47.0 Å². The molecule has 5 heteroatoms. The van der Waals surface area contributed by atoms with Crippen LogP contribution in [0.2, 0.25) is 0 Å². The molecule has 2 unspecified atom stereocenters. The smallest absolute Gasteiger partial charge is 0.410 e. The van der Waals surface area contributed by atoms with Crippen molar-refractivity contribution in [3.63, 3.8) is 0 Å². The maximum absolute atomic E-state index is 12.2. The van der Waals surface area contributed by atoms with E-state index < -0.39 is 5.60 Å². The first-order valence-electron chi connectivity index (χ1n) is 7.23. The van der Waals surface area contributed by atoms with E-state index in [2.05, 4.69) is 12.2 Å². The van der Waals surface area contributed by atoms with Gasteiger partial charge in [0.15, 0.2) is 0 Å². The van der Waals surface area contributed by atoms with Crippen molar-refractivity contribution < 1.29 is 9.53 Å². The topological polar surface area (TPSA) is 41.6 Å². The van der Waals surface area contributed by atoms with Gasteiger partial charge in [0.25, 0.3) is 0 Å². The highest BCUT2D eigenvalue weighted by Gasteiger charge is 2.43. The summed E-state index contributed by atoms with van der Waals surface area (Å²) in [5, 5.41) is 3.72. The number of rotatable bonds is 1. The molecule has 2 rings (SSSR count). The van der Waals surface area contributed by atoms with Gasteiger partial charge in [-0.3, -0.25) is 5.32 Å². The van der Waals surface area contributed by atoms with Gasteiger partial charge in [-0.05, 0) is 40.0 Å². The number of carbonyl (C=O) groups is 1. The fourth-order valence-electron chi connectivity index (χ4n) is 2.68. The van der Waals surface area contributed by atoms with E-state index in [0.717, 1.165) is 38.1 Å². The predicted octanol–water partition coefficient (Wildman–Crippen LogP) is 2.83. The minimum absolute atomic E-state index is 0.0653. The Kier molecular flexibility index (Phi) is 4.35. The summed E-state index contributed by atoms with van der Waals surface area (Å²) in [4.78, 5) is 14.1. The molecule has 0 aromatic carbocycles. The van der Waals surface area contributed by atoms with Crippen molar-refractivity contribution in [1.29, 1.82) is 0 Å². The van der Waals surface area contributed by atoms with Gasteiger partial charge >= 0.3 is 6.09 Å². The number of carbonyl (C=O) groups excluding carboxylic acids is 1. The Morgan fingerprint density at radius 3 is 2.84 bits per heavy atom. The van der Waals surface area contributed by atoms with Crippen LogP contribution in [-0.4, -0.2) is 46.3 Å². The van der Waals surface area contributed by atoms with Gasteiger partial charge in [-0.25, -0.2) is 4.79 Å². The standard InChI is InChI=1S/C14H26N2O2S/c1-5-11-9-19-14(15-11)7-6-8-16(10-14)12(17)18-13(2,3)4/h11,15H,5-10H2,1-4H3. The van der Waals surface area contributed by atoms with Crippen LogP contribution < -0.4 is 5.32 Å². The summed E-state index contributed by atoms with van der Waals surface area (Å²) in [6, 6.07) is 0.587. The van der Waals surface area contributed by atoms with Crippen LogP contribution in [0, 0.1) is 0 Å². The van der Waals surface area contributed by atoms with Crippen LogP contribution in [0.5, 0.6) is 0 Å². The summed E-state index contributed by atoms with van der Waals surface area (Å²) in [5.74, 6) is 1.15. The number of hydrogen-bond acceptors (Lipinski definition) is 4. The largest absolute Gasteiger partial charge is 0.444 e. The highest BCUT2D eigenvalue weighted by Crippen LogP contribution is 2.38. The molecular formula is C14H26N2O2S. The number of hydrogen-bond donors (Lipinski definition) is 1. The monoisotopic (exact) mass is 286 g/mol. The lowest BCUT2D eigenvalue weighted by molar-refractivity contribution is 0.0171. The number of thioether (sulfide) groups is 1. The molecule has 2 heterocycles. The van der Waals surface area contributed by atoms with Gasteiger partial charge in [0.2, 0.25) is 0 Å². The lowest BCUT2D eigenvalue weighted by atomic mass is 10.0. The fraction of sp³-hybridized carbons (Fsp3) is 0.929. The van der Waals surface area contributed by atoms with Gasteiger partial charge in [0.1, 0.15) is 5.60 Å². The lowest BCUT2D eigenvalue weighted by Crippen LogP contribution is -2.55. The van der Waals surface area contributed by atoms with Crippen molar-refractivity contribution in [2.75, 3.05) is 18.8 Å². The van der Waals surface area contributed by atoms with E-state index in [1.54, 1.807) is 0 Å². The number of likely N-dealkylation sites (tertiary alicyclic amines) is 1. The third-order valence-electron chi connectivity index (χ3n) is 3.63. The number of nitrogens with one attached hydrogen (secondary N) is 1. The van der Waals surface area contributed by atoms with Gasteiger partial charge in [0.05, 0.1) is 11.4 Å². The number of ether oxygens (including phenoxy) is 1. The molecule has 0 saturated carbocycles. The molecule has 0 aliphatic carbocycles. The van der Waals surface area contributed by atoms with Crippen LogP contribution in [0.15, 0.2) is 0 Å². The van der Waals surface area contributed by atoms with Crippen molar-refractivity contribution in [3.8, 4) is 0 Å². The van der Waals surface area contributed by atoms with Crippen LogP contribution >= 0.6 is 11.8 Å². The molecule has 2 aliphatic heterocycles. The van der Waals surface area contributed by atoms with Gasteiger partial charge in [-0.1, -0.05) is 6.92 Å². The lowest BCUT2D eigenvalue weighted by Gasteiger charge is -2.40. The molecule has 0 bridgehead atoms. The zero-order chi connectivity index (χ0) is 14.1. The van der Waals surface area contributed by atoms with E-state index in [4.69, 9.17) is 4.74 Å². The molecule has 1 amide bonds. The van der Waals surface area contributed by atoms with E-state index >= 15 is 0 Å². The van der Waals surface area contributed by atoms with E-state index in [0.29, 0.717) is 6.04 Å². The zero-order valence-electron chi connectivity index (χ0n) is 12.5. The first kappa shape index (κ1) is 15.0. The molecule has 110 valence electrons. The first-order chi connectivity index (χ1) is 8.84. The van der Waals surface area contributed by atoms with E-state index in [-0.39, 0.29) is 11.0 Å². The second-order valence-corrected chi connectivity index (χ2v) is 7.96. The van der Waals surface area contributed by atoms with Crippen LogP contribution in [0.25, 0.3) is 0 Å². The highest BCUT2D eigenvalue weighted by molar-refractivity contribution is 8.00. The van der Waals surface area contributed by atoms with Gasteiger partial charge in [0, 0.05) is 18.3 Å². The van der Waals surface area contributed by atoms with Gasteiger partial charge in [-0.2, -0.15) is 0 Å². The van der Waals surface area contributed by atoms with Gasteiger partial charge in [-0.15, -0.1) is 11.8 Å². The van der Waals surface area contributed by atoms with E-state index in [9.17, 15) is 4.79 Å². The normalized spacial score (nSPS) is 31.8. The summed E-state index contributed by atoms with van der Waals surface area (Å²) in [7, 11) is 0. The summed E-state index contributed by atoms with van der Waals surface area (Å²) < 4.78 is 5.48. The zero-order valence-corrected chi connectivity index (χ0v) is 13.3. The van der Waals surface area contributed by atoms with E-state index in [1.807, 2.05) is 37.4 Å². The Hall–Kier alpha value is -0.420.